The predicted octanol–water partition coefficient (Wildman–Crippen LogP) is 1.11. The van der Waals surface area contributed by atoms with Gasteiger partial charge in [-0.15, -0.1) is 0 Å². The molecule has 0 aromatic carbocycles. The fourth-order valence-electron chi connectivity index (χ4n) is 0.420. The van der Waals surface area contributed by atoms with Gasteiger partial charge in [0.05, 0.1) is 4.75 Å². The van der Waals surface area contributed by atoms with Gasteiger partial charge in [0.1, 0.15) is 0 Å². The molecule has 48 valence electrons. The molecule has 2 nitrogen and oxygen atoms in total. The lowest BCUT2D eigenvalue weighted by Gasteiger charge is -1.98. The van der Waals surface area contributed by atoms with Gasteiger partial charge in [-0.3, -0.25) is 0 Å². The summed E-state index contributed by atoms with van der Waals surface area (Å²) in [5, 5.41) is 0. The first kappa shape index (κ1) is 6.36. The zero-order valence-electron chi connectivity index (χ0n) is 4.52. The Bertz CT molecular complexity index is 190. The second kappa shape index (κ2) is 1.39. The molecule has 0 N–H and O–H groups in total. The summed E-state index contributed by atoms with van der Waals surface area (Å²) in [6.45, 7) is 1.66. The highest BCUT2D eigenvalue weighted by Crippen LogP contribution is 2.44. The molecule has 0 radical (unpaired) electrons. The maximum Gasteiger partial charge on any atom is 0.238 e. The van der Waals surface area contributed by atoms with E-state index in [4.69, 9.17) is 10.7 Å². The minimum absolute atomic E-state index is 0.575. The Morgan fingerprint density at radius 2 is 1.88 bits per heavy atom. The monoisotopic (exact) mass is 154 g/mol. The molecule has 0 spiro atoms. The third-order valence-corrected chi connectivity index (χ3v) is 4.25. The van der Waals surface area contributed by atoms with Crippen molar-refractivity contribution in [1.29, 1.82) is 0 Å². The molecular weight excluding hydrogens is 148 g/mol. The summed E-state index contributed by atoms with van der Waals surface area (Å²) in [5.74, 6) is 0. The number of halogens is 1. The van der Waals surface area contributed by atoms with Gasteiger partial charge in [-0.25, -0.2) is 8.42 Å². The van der Waals surface area contributed by atoms with E-state index < -0.39 is 13.8 Å². The minimum atomic E-state index is -3.26. The van der Waals surface area contributed by atoms with Gasteiger partial charge in [0, 0.05) is 10.7 Å². The summed E-state index contributed by atoms with van der Waals surface area (Å²) < 4.78 is 20.4. The van der Waals surface area contributed by atoms with Crippen molar-refractivity contribution in [1.82, 2.24) is 0 Å². The molecule has 0 saturated heterocycles. The summed E-state index contributed by atoms with van der Waals surface area (Å²) in [6, 6.07) is 0. The molecule has 4 heteroatoms. The van der Waals surface area contributed by atoms with Crippen LogP contribution in [0.3, 0.4) is 0 Å². The molecule has 0 heterocycles. The zero-order chi connectivity index (χ0) is 6.41. The van der Waals surface area contributed by atoms with E-state index in [9.17, 15) is 8.42 Å². The zero-order valence-corrected chi connectivity index (χ0v) is 6.09. The molecule has 0 atom stereocenters. The SMILES string of the molecule is CC1(S(=O)(=O)Cl)CC1. The second-order valence-electron chi connectivity index (χ2n) is 2.39. The quantitative estimate of drug-likeness (QED) is 0.531. The molecule has 1 saturated carbocycles. The first-order valence-electron chi connectivity index (χ1n) is 2.40. The van der Waals surface area contributed by atoms with Gasteiger partial charge in [0.2, 0.25) is 9.05 Å². The fraction of sp³-hybridized carbons (Fsp3) is 1.00. The van der Waals surface area contributed by atoms with Crippen LogP contribution in [0.2, 0.25) is 0 Å². The van der Waals surface area contributed by atoms with Crippen LogP contribution >= 0.6 is 10.7 Å². The number of hydrogen-bond donors (Lipinski definition) is 0. The Balaban J connectivity index is 2.90. The van der Waals surface area contributed by atoms with Gasteiger partial charge >= 0.3 is 0 Å². The molecule has 0 unspecified atom stereocenters. The lowest BCUT2D eigenvalue weighted by Crippen LogP contribution is -2.11. The molecule has 1 aliphatic carbocycles. The molecule has 0 aromatic rings. The van der Waals surface area contributed by atoms with Crippen LogP contribution < -0.4 is 0 Å². The van der Waals surface area contributed by atoms with E-state index in [2.05, 4.69) is 0 Å². The lowest BCUT2D eigenvalue weighted by atomic mass is 10.5. The van der Waals surface area contributed by atoms with Gasteiger partial charge in [0.25, 0.3) is 0 Å². The Kier molecular flexibility index (Phi) is 1.11. The third kappa shape index (κ3) is 0.845. The average Bonchev–Trinajstić information content (AvgIpc) is 2.16. The molecule has 0 bridgehead atoms. The molecule has 1 rings (SSSR count). The van der Waals surface area contributed by atoms with Gasteiger partial charge in [-0.1, -0.05) is 0 Å². The van der Waals surface area contributed by atoms with Crippen LogP contribution in [0.4, 0.5) is 0 Å². The third-order valence-electron chi connectivity index (χ3n) is 1.54. The van der Waals surface area contributed by atoms with Crippen molar-refractivity contribution in [3.63, 3.8) is 0 Å². The average molecular weight is 155 g/mol. The van der Waals surface area contributed by atoms with Gasteiger partial charge in [-0.05, 0) is 19.8 Å². The second-order valence-corrected chi connectivity index (χ2v) is 5.47. The van der Waals surface area contributed by atoms with E-state index in [1.807, 2.05) is 0 Å². The highest BCUT2D eigenvalue weighted by atomic mass is 35.7. The first-order chi connectivity index (χ1) is 3.46. The van der Waals surface area contributed by atoms with Crippen molar-refractivity contribution in [2.75, 3.05) is 0 Å². The van der Waals surface area contributed by atoms with E-state index in [0.717, 1.165) is 12.8 Å². The van der Waals surface area contributed by atoms with Crippen LogP contribution in [0.25, 0.3) is 0 Å². The minimum Gasteiger partial charge on any atom is -0.212 e. The van der Waals surface area contributed by atoms with Crippen LogP contribution in [0, 0.1) is 0 Å². The lowest BCUT2D eigenvalue weighted by molar-refractivity contribution is 0.596. The predicted molar refractivity (Wildman–Crippen MR) is 32.4 cm³/mol. The standard InChI is InChI=1S/C4H7ClO2S/c1-4(2-3-4)8(5,6)7/h2-3H2,1H3. The molecule has 1 fully saturated rings. The summed E-state index contributed by atoms with van der Waals surface area (Å²) >= 11 is 0. The molecule has 0 aliphatic heterocycles. The van der Waals surface area contributed by atoms with Crippen molar-refractivity contribution in [3.05, 3.63) is 0 Å². The normalized spacial score (nSPS) is 25.2. The van der Waals surface area contributed by atoms with Gasteiger partial charge < -0.3 is 0 Å². The number of hydrogen-bond acceptors (Lipinski definition) is 2. The van der Waals surface area contributed by atoms with Crippen molar-refractivity contribution in [3.8, 4) is 0 Å². The molecule has 0 aromatic heterocycles. The smallest absolute Gasteiger partial charge is 0.212 e. The van der Waals surface area contributed by atoms with E-state index in [1.165, 1.54) is 0 Å². The topological polar surface area (TPSA) is 34.1 Å². The molecule has 0 amide bonds. The molecule has 8 heavy (non-hydrogen) atoms. The summed E-state index contributed by atoms with van der Waals surface area (Å²) in [7, 11) is 1.79. The largest absolute Gasteiger partial charge is 0.238 e. The van der Waals surface area contributed by atoms with Crippen molar-refractivity contribution < 1.29 is 8.42 Å². The Morgan fingerprint density at radius 3 is 1.88 bits per heavy atom. The molecule has 1 aliphatic rings. The maximum atomic E-state index is 10.5. The van der Waals surface area contributed by atoms with Crippen molar-refractivity contribution in [2.45, 2.75) is 24.5 Å². The van der Waals surface area contributed by atoms with E-state index >= 15 is 0 Å². The van der Waals surface area contributed by atoms with Crippen LogP contribution in [0.5, 0.6) is 0 Å². The van der Waals surface area contributed by atoms with E-state index in [-0.39, 0.29) is 0 Å². The van der Waals surface area contributed by atoms with Crippen molar-refractivity contribution in [2.24, 2.45) is 0 Å². The fourth-order valence-corrected chi connectivity index (χ4v) is 1.47. The first-order valence-corrected chi connectivity index (χ1v) is 4.71. The highest BCUT2D eigenvalue weighted by molar-refractivity contribution is 8.15. The Morgan fingerprint density at radius 1 is 1.50 bits per heavy atom. The summed E-state index contributed by atoms with van der Waals surface area (Å²) in [4.78, 5) is 0. The summed E-state index contributed by atoms with van der Waals surface area (Å²) in [5.41, 5.74) is 0. The summed E-state index contributed by atoms with van der Waals surface area (Å²) in [6.07, 6.45) is 1.44. The highest BCUT2D eigenvalue weighted by Gasteiger charge is 2.49. The van der Waals surface area contributed by atoms with Crippen molar-refractivity contribution >= 4 is 19.7 Å². The van der Waals surface area contributed by atoms with Gasteiger partial charge in [-0.2, -0.15) is 0 Å². The van der Waals surface area contributed by atoms with Crippen LogP contribution in [0.15, 0.2) is 0 Å². The van der Waals surface area contributed by atoms with Gasteiger partial charge in [0.15, 0.2) is 0 Å². The Labute approximate surface area is 53.3 Å². The Hall–Kier alpha value is 0.240. The van der Waals surface area contributed by atoms with Crippen LogP contribution in [0.1, 0.15) is 19.8 Å². The van der Waals surface area contributed by atoms with Crippen LogP contribution in [-0.2, 0) is 9.05 Å². The van der Waals surface area contributed by atoms with Crippen LogP contribution in [-0.4, -0.2) is 13.2 Å². The maximum absolute atomic E-state index is 10.5. The molecular formula is C4H7ClO2S. The van der Waals surface area contributed by atoms with E-state index in [1.54, 1.807) is 6.92 Å². The van der Waals surface area contributed by atoms with E-state index in [0.29, 0.717) is 0 Å². The number of rotatable bonds is 1.